The fraction of sp³-hybridized carbons (Fsp3) is 0.231. The van der Waals surface area contributed by atoms with Crippen LogP contribution in [0.4, 0.5) is 0 Å². The monoisotopic (exact) mass is 296 g/mol. The first-order valence-corrected chi connectivity index (χ1v) is 6.17. The second kappa shape index (κ2) is 5.74. The van der Waals surface area contributed by atoms with E-state index in [2.05, 4.69) is 27.5 Å². The number of aromatic nitrogens is 3. The first-order chi connectivity index (χ1) is 8.72. The van der Waals surface area contributed by atoms with Crippen LogP contribution < -0.4 is 5.32 Å². The van der Waals surface area contributed by atoms with Crippen molar-refractivity contribution in [1.29, 1.82) is 0 Å². The molecule has 0 aromatic carbocycles. The van der Waals surface area contributed by atoms with E-state index in [0.29, 0.717) is 5.15 Å². The van der Waals surface area contributed by atoms with Crippen LogP contribution in [0.15, 0.2) is 30.6 Å². The zero-order chi connectivity index (χ0) is 12.5. The first kappa shape index (κ1) is 14.1. The molecule has 4 nitrogen and oxygen atoms in total. The van der Waals surface area contributed by atoms with Gasteiger partial charge in [-0.3, -0.25) is 4.68 Å². The Morgan fingerprint density at radius 3 is 2.79 bits per heavy atom. The van der Waals surface area contributed by atoms with Crippen molar-refractivity contribution in [2.45, 2.75) is 0 Å². The molecule has 0 saturated heterocycles. The number of hydrogen-bond donors (Lipinski definition) is 1. The van der Waals surface area contributed by atoms with Gasteiger partial charge in [-0.2, -0.15) is 5.10 Å². The van der Waals surface area contributed by atoms with Crippen LogP contribution in [0.3, 0.4) is 0 Å². The van der Waals surface area contributed by atoms with Crippen LogP contribution in [-0.4, -0.2) is 27.9 Å². The highest BCUT2D eigenvalue weighted by Crippen LogP contribution is 2.25. The Hall–Kier alpha value is -1.36. The second-order valence-corrected chi connectivity index (χ2v) is 4.71. The van der Waals surface area contributed by atoms with E-state index < -0.39 is 0 Å². The lowest BCUT2D eigenvalue weighted by Gasteiger charge is -2.05. The van der Waals surface area contributed by atoms with E-state index in [1.165, 1.54) is 5.57 Å². The molecular weight excluding hydrogens is 283 g/mol. The lowest BCUT2D eigenvalue weighted by molar-refractivity contribution is 0.768. The van der Waals surface area contributed by atoms with E-state index in [0.717, 1.165) is 29.9 Å². The summed E-state index contributed by atoms with van der Waals surface area (Å²) in [6, 6.07) is 3.92. The molecule has 2 aromatic rings. The van der Waals surface area contributed by atoms with E-state index >= 15 is 0 Å². The number of rotatable bonds is 2. The Labute approximate surface area is 122 Å². The summed E-state index contributed by atoms with van der Waals surface area (Å²) in [6.07, 6.45) is 5.94. The van der Waals surface area contributed by atoms with Crippen molar-refractivity contribution >= 4 is 29.6 Å². The fourth-order valence-corrected chi connectivity index (χ4v) is 2.28. The molecule has 0 fully saturated rings. The number of aryl methyl sites for hydroxylation is 1. The highest BCUT2D eigenvalue weighted by Gasteiger charge is 2.11. The maximum absolute atomic E-state index is 6.10. The third-order valence-electron chi connectivity index (χ3n) is 2.97. The van der Waals surface area contributed by atoms with Gasteiger partial charge in [0.2, 0.25) is 0 Å². The third-order valence-corrected chi connectivity index (χ3v) is 3.16. The molecule has 0 atom stereocenters. The van der Waals surface area contributed by atoms with Gasteiger partial charge < -0.3 is 5.32 Å². The van der Waals surface area contributed by atoms with Gasteiger partial charge >= 0.3 is 0 Å². The predicted molar refractivity (Wildman–Crippen MR) is 79.5 cm³/mol. The number of halogens is 2. The Balaban J connectivity index is 0.00000133. The lowest BCUT2D eigenvalue weighted by atomic mass is 10.1. The van der Waals surface area contributed by atoms with E-state index in [1.807, 2.05) is 25.5 Å². The van der Waals surface area contributed by atoms with Crippen molar-refractivity contribution in [3.8, 4) is 11.1 Å². The van der Waals surface area contributed by atoms with E-state index in [-0.39, 0.29) is 12.4 Å². The molecule has 1 aliphatic rings. The molecule has 19 heavy (non-hydrogen) atoms. The van der Waals surface area contributed by atoms with Gasteiger partial charge in [0.1, 0.15) is 5.15 Å². The Bertz CT molecular complexity index is 619. The van der Waals surface area contributed by atoms with Crippen LogP contribution in [0.25, 0.3) is 16.7 Å². The highest BCUT2D eigenvalue weighted by molar-refractivity contribution is 6.29. The number of nitrogens with one attached hydrogen (secondary N) is 1. The molecule has 1 N–H and O–H groups in total. The molecule has 3 heterocycles. The highest BCUT2D eigenvalue weighted by atomic mass is 35.5. The summed E-state index contributed by atoms with van der Waals surface area (Å²) >= 11 is 6.10. The van der Waals surface area contributed by atoms with Crippen LogP contribution in [0, 0.1) is 0 Å². The van der Waals surface area contributed by atoms with Crippen molar-refractivity contribution in [3.63, 3.8) is 0 Å². The molecule has 100 valence electrons. The van der Waals surface area contributed by atoms with Crippen molar-refractivity contribution in [3.05, 3.63) is 41.4 Å². The number of pyridine rings is 1. The zero-order valence-electron chi connectivity index (χ0n) is 10.4. The maximum atomic E-state index is 6.10. The summed E-state index contributed by atoms with van der Waals surface area (Å²) in [7, 11) is 1.90. The van der Waals surface area contributed by atoms with Gasteiger partial charge in [0, 0.05) is 31.9 Å². The normalized spacial score (nSPS) is 14.1. The zero-order valence-corrected chi connectivity index (χ0v) is 12.0. The summed E-state index contributed by atoms with van der Waals surface area (Å²) in [5, 5.41) is 7.95. The minimum absolute atomic E-state index is 0. The molecule has 1 aliphatic heterocycles. The minimum Gasteiger partial charge on any atom is -0.309 e. The summed E-state index contributed by atoms with van der Waals surface area (Å²) in [5.41, 5.74) is 4.23. The van der Waals surface area contributed by atoms with Crippen molar-refractivity contribution in [2.75, 3.05) is 13.1 Å². The van der Waals surface area contributed by atoms with Crippen LogP contribution >= 0.6 is 24.0 Å². The molecule has 0 spiro atoms. The molecule has 0 aliphatic carbocycles. The van der Waals surface area contributed by atoms with Gasteiger partial charge in [0.25, 0.3) is 0 Å². The number of nitrogens with zero attached hydrogens (tertiary/aromatic N) is 3. The van der Waals surface area contributed by atoms with Gasteiger partial charge in [0.15, 0.2) is 0 Å². The molecule has 0 radical (unpaired) electrons. The van der Waals surface area contributed by atoms with Crippen LogP contribution in [0.1, 0.15) is 5.69 Å². The van der Waals surface area contributed by atoms with Crippen LogP contribution in [0.2, 0.25) is 5.15 Å². The topological polar surface area (TPSA) is 42.7 Å². The molecule has 2 aromatic heterocycles. The smallest absolute Gasteiger partial charge is 0.130 e. The Morgan fingerprint density at radius 1 is 1.32 bits per heavy atom. The quantitative estimate of drug-likeness (QED) is 0.866. The SMILES string of the molecule is Cl.Cn1cc(-c2cc(Cl)nc(C3=CCNC3)c2)cn1. The third kappa shape index (κ3) is 2.97. The maximum Gasteiger partial charge on any atom is 0.130 e. The van der Waals surface area contributed by atoms with Crippen molar-refractivity contribution < 1.29 is 0 Å². The lowest BCUT2D eigenvalue weighted by Crippen LogP contribution is -2.08. The van der Waals surface area contributed by atoms with Crippen molar-refractivity contribution in [2.24, 2.45) is 7.05 Å². The molecular formula is C13H14Cl2N4. The summed E-state index contributed by atoms with van der Waals surface area (Å²) in [5.74, 6) is 0. The van der Waals surface area contributed by atoms with Gasteiger partial charge in [-0.1, -0.05) is 17.7 Å². The van der Waals surface area contributed by atoms with Gasteiger partial charge in [-0.15, -0.1) is 12.4 Å². The molecule has 3 rings (SSSR count). The van der Waals surface area contributed by atoms with Gasteiger partial charge in [-0.25, -0.2) is 4.98 Å². The van der Waals surface area contributed by atoms with E-state index in [4.69, 9.17) is 11.6 Å². The van der Waals surface area contributed by atoms with E-state index in [9.17, 15) is 0 Å². The number of hydrogen-bond acceptors (Lipinski definition) is 3. The standard InChI is InChI=1S/C13H13ClN4.ClH/c1-18-8-11(7-16-18)10-4-12(17-13(14)5-10)9-2-3-15-6-9;/h2,4-5,7-8,15H,3,6H2,1H3;1H. The van der Waals surface area contributed by atoms with Crippen molar-refractivity contribution in [1.82, 2.24) is 20.1 Å². The minimum atomic E-state index is 0. The molecule has 0 bridgehead atoms. The molecule has 6 heteroatoms. The van der Waals surface area contributed by atoms with Crippen LogP contribution in [-0.2, 0) is 7.05 Å². The van der Waals surface area contributed by atoms with E-state index in [1.54, 1.807) is 4.68 Å². The average Bonchev–Trinajstić information content (AvgIpc) is 2.98. The molecule has 0 amide bonds. The van der Waals surface area contributed by atoms with Gasteiger partial charge in [0.05, 0.1) is 11.9 Å². The second-order valence-electron chi connectivity index (χ2n) is 4.33. The van der Waals surface area contributed by atoms with Crippen LogP contribution in [0.5, 0.6) is 0 Å². The Morgan fingerprint density at radius 2 is 2.16 bits per heavy atom. The van der Waals surface area contributed by atoms with Gasteiger partial charge in [-0.05, 0) is 23.3 Å². The summed E-state index contributed by atoms with van der Waals surface area (Å²) < 4.78 is 1.78. The summed E-state index contributed by atoms with van der Waals surface area (Å²) in [6.45, 7) is 1.74. The summed E-state index contributed by atoms with van der Waals surface area (Å²) in [4.78, 5) is 4.38. The molecule has 0 unspecified atom stereocenters. The Kier molecular flexibility index (Phi) is 4.24. The largest absolute Gasteiger partial charge is 0.309 e. The predicted octanol–water partition coefficient (Wildman–Crippen LogP) is 2.54. The molecule has 0 saturated carbocycles. The average molecular weight is 297 g/mol. The first-order valence-electron chi connectivity index (χ1n) is 5.79. The fourth-order valence-electron chi connectivity index (χ4n) is 2.07.